The lowest BCUT2D eigenvalue weighted by molar-refractivity contribution is 0.281. The van der Waals surface area contributed by atoms with Crippen LogP contribution in [0.4, 0.5) is 5.69 Å². The maximum atomic E-state index is 8.89. The summed E-state index contributed by atoms with van der Waals surface area (Å²) < 4.78 is 0. The lowest BCUT2D eigenvalue weighted by Gasteiger charge is -2.07. The quantitative estimate of drug-likeness (QED) is 0.452. The van der Waals surface area contributed by atoms with E-state index in [-0.39, 0.29) is 6.61 Å². The Morgan fingerprint density at radius 3 is 2.75 bits per heavy atom. The van der Waals surface area contributed by atoms with Crippen molar-refractivity contribution in [1.29, 1.82) is 5.41 Å². The van der Waals surface area contributed by atoms with Gasteiger partial charge in [-0.1, -0.05) is 12.1 Å². The minimum absolute atomic E-state index is 0.00564. The molecule has 0 atom stereocenters. The van der Waals surface area contributed by atoms with Crippen molar-refractivity contribution >= 4 is 11.9 Å². The summed E-state index contributed by atoms with van der Waals surface area (Å²) >= 11 is 0. The van der Waals surface area contributed by atoms with Gasteiger partial charge in [-0.05, 0) is 18.1 Å². The van der Waals surface area contributed by atoms with Gasteiger partial charge in [0, 0.05) is 17.5 Å². The molecule has 64 valence electrons. The average Bonchev–Trinajstić information content (AvgIpc) is 2.10. The van der Waals surface area contributed by atoms with Gasteiger partial charge in [0.1, 0.15) is 0 Å². The van der Waals surface area contributed by atoms with Gasteiger partial charge >= 0.3 is 0 Å². The van der Waals surface area contributed by atoms with Crippen LogP contribution in [-0.2, 0) is 6.61 Å². The summed E-state index contributed by atoms with van der Waals surface area (Å²) in [6.45, 7) is 1.84. The first-order valence-corrected chi connectivity index (χ1v) is 3.70. The maximum absolute atomic E-state index is 8.89. The van der Waals surface area contributed by atoms with Gasteiger partial charge in [0.05, 0.1) is 6.61 Å². The third kappa shape index (κ3) is 1.31. The molecule has 1 aromatic carbocycles. The van der Waals surface area contributed by atoms with Crippen molar-refractivity contribution in [2.45, 2.75) is 13.5 Å². The largest absolute Gasteiger partial charge is 0.398 e. The Hall–Kier alpha value is -1.35. The summed E-state index contributed by atoms with van der Waals surface area (Å²) in [4.78, 5) is 0. The van der Waals surface area contributed by atoms with Crippen LogP contribution in [0.1, 0.15) is 16.7 Å². The van der Waals surface area contributed by atoms with Crippen LogP contribution in [0.15, 0.2) is 12.1 Å². The number of rotatable bonds is 2. The Morgan fingerprint density at radius 2 is 2.25 bits per heavy atom. The first-order valence-electron chi connectivity index (χ1n) is 3.70. The minimum atomic E-state index is -0.00564. The van der Waals surface area contributed by atoms with Gasteiger partial charge in [0.2, 0.25) is 0 Å². The van der Waals surface area contributed by atoms with Crippen LogP contribution in [-0.4, -0.2) is 11.3 Å². The summed E-state index contributed by atoms with van der Waals surface area (Å²) in [7, 11) is 0. The fourth-order valence-corrected chi connectivity index (χ4v) is 1.09. The second kappa shape index (κ2) is 3.36. The van der Waals surface area contributed by atoms with E-state index in [2.05, 4.69) is 0 Å². The third-order valence-corrected chi connectivity index (χ3v) is 1.99. The molecule has 1 aromatic rings. The molecule has 4 N–H and O–H groups in total. The van der Waals surface area contributed by atoms with Crippen LogP contribution < -0.4 is 5.73 Å². The molecule has 0 saturated carbocycles. The van der Waals surface area contributed by atoms with E-state index in [0.29, 0.717) is 11.3 Å². The fourth-order valence-electron chi connectivity index (χ4n) is 1.09. The van der Waals surface area contributed by atoms with Gasteiger partial charge in [-0.3, -0.25) is 0 Å². The zero-order chi connectivity index (χ0) is 9.14. The number of anilines is 1. The average molecular weight is 164 g/mol. The van der Waals surface area contributed by atoms with E-state index in [0.717, 1.165) is 11.1 Å². The third-order valence-electron chi connectivity index (χ3n) is 1.99. The number of aliphatic hydroxyl groups is 1. The lowest BCUT2D eigenvalue weighted by atomic mass is 10.0. The molecule has 0 fully saturated rings. The van der Waals surface area contributed by atoms with E-state index < -0.39 is 0 Å². The van der Waals surface area contributed by atoms with Gasteiger partial charge in [-0.25, -0.2) is 0 Å². The Morgan fingerprint density at radius 1 is 1.58 bits per heavy atom. The van der Waals surface area contributed by atoms with Gasteiger partial charge in [0.25, 0.3) is 0 Å². The Balaban J connectivity index is 3.29. The number of nitrogens with one attached hydrogen (secondary N) is 1. The molecule has 0 aliphatic carbocycles. The minimum Gasteiger partial charge on any atom is -0.398 e. The summed E-state index contributed by atoms with van der Waals surface area (Å²) in [5.74, 6) is 0. The summed E-state index contributed by atoms with van der Waals surface area (Å²) in [6.07, 6.45) is 1.21. The molecule has 0 aromatic heterocycles. The summed E-state index contributed by atoms with van der Waals surface area (Å²) in [5.41, 5.74) is 8.66. The zero-order valence-electron chi connectivity index (χ0n) is 6.96. The van der Waals surface area contributed by atoms with Crippen molar-refractivity contribution in [1.82, 2.24) is 0 Å². The molecule has 0 radical (unpaired) electrons. The predicted octanol–water partition coefficient (Wildman–Crippen LogP) is 1.07. The number of benzene rings is 1. The van der Waals surface area contributed by atoms with Gasteiger partial charge < -0.3 is 16.2 Å². The van der Waals surface area contributed by atoms with E-state index in [1.165, 1.54) is 6.21 Å². The molecular weight excluding hydrogens is 152 g/mol. The molecule has 0 spiro atoms. The highest BCUT2D eigenvalue weighted by Gasteiger charge is 2.03. The van der Waals surface area contributed by atoms with Gasteiger partial charge in [-0.15, -0.1) is 0 Å². The highest BCUT2D eigenvalue weighted by Crippen LogP contribution is 2.19. The normalized spacial score (nSPS) is 9.83. The number of hydrogen-bond acceptors (Lipinski definition) is 3. The van der Waals surface area contributed by atoms with Crippen LogP contribution in [0, 0.1) is 12.3 Å². The molecule has 12 heavy (non-hydrogen) atoms. The maximum Gasteiger partial charge on any atom is 0.0685 e. The smallest absolute Gasteiger partial charge is 0.0685 e. The molecule has 0 aliphatic rings. The molecule has 0 amide bonds. The van der Waals surface area contributed by atoms with Gasteiger partial charge in [-0.2, -0.15) is 0 Å². The predicted molar refractivity (Wildman–Crippen MR) is 49.4 cm³/mol. The van der Waals surface area contributed by atoms with Crippen molar-refractivity contribution in [3.05, 3.63) is 28.8 Å². The van der Waals surface area contributed by atoms with Crippen molar-refractivity contribution in [2.75, 3.05) is 5.73 Å². The highest BCUT2D eigenvalue weighted by molar-refractivity contribution is 5.86. The van der Waals surface area contributed by atoms with E-state index in [1.54, 1.807) is 12.1 Å². The first kappa shape index (κ1) is 8.74. The van der Waals surface area contributed by atoms with E-state index in [1.807, 2.05) is 6.92 Å². The van der Waals surface area contributed by atoms with Crippen LogP contribution in [0.2, 0.25) is 0 Å². The SMILES string of the molecule is Cc1c(CO)ccc(C=N)c1N. The number of nitrogen functional groups attached to an aromatic ring is 1. The molecule has 0 heterocycles. The summed E-state index contributed by atoms with van der Waals surface area (Å²) in [6, 6.07) is 3.52. The topological polar surface area (TPSA) is 70.1 Å². The Kier molecular flexibility index (Phi) is 2.45. The standard InChI is InChI=1S/C9H12N2O/c1-6-8(5-12)3-2-7(4-10)9(6)11/h2-4,10,12H,5,11H2,1H3. The molecule has 0 aliphatic heterocycles. The molecule has 0 saturated heterocycles. The van der Waals surface area contributed by atoms with E-state index in [9.17, 15) is 0 Å². The molecule has 1 rings (SSSR count). The number of nitrogens with two attached hydrogens (primary N) is 1. The second-order valence-corrected chi connectivity index (χ2v) is 2.66. The van der Waals surface area contributed by atoms with Crippen LogP contribution in [0.3, 0.4) is 0 Å². The molecule has 3 nitrogen and oxygen atoms in total. The summed E-state index contributed by atoms with van der Waals surface area (Å²) in [5, 5.41) is 15.9. The van der Waals surface area contributed by atoms with Crippen LogP contribution in [0.25, 0.3) is 0 Å². The van der Waals surface area contributed by atoms with Crippen LogP contribution in [0.5, 0.6) is 0 Å². The number of hydrogen-bond donors (Lipinski definition) is 3. The van der Waals surface area contributed by atoms with Gasteiger partial charge in [0.15, 0.2) is 0 Å². The Labute approximate surface area is 71.3 Å². The van der Waals surface area contributed by atoms with Crippen LogP contribution >= 0.6 is 0 Å². The van der Waals surface area contributed by atoms with E-state index in [4.69, 9.17) is 16.2 Å². The zero-order valence-corrected chi connectivity index (χ0v) is 6.96. The van der Waals surface area contributed by atoms with Crippen molar-refractivity contribution in [2.24, 2.45) is 0 Å². The number of aliphatic hydroxyl groups excluding tert-OH is 1. The van der Waals surface area contributed by atoms with Crippen molar-refractivity contribution in [3.63, 3.8) is 0 Å². The molecule has 0 unspecified atom stereocenters. The molecule has 0 bridgehead atoms. The monoisotopic (exact) mass is 164 g/mol. The van der Waals surface area contributed by atoms with Crippen molar-refractivity contribution in [3.8, 4) is 0 Å². The molecular formula is C9H12N2O. The van der Waals surface area contributed by atoms with E-state index >= 15 is 0 Å². The molecule has 3 heteroatoms. The lowest BCUT2D eigenvalue weighted by Crippen LogP contribution is -2.00. The first-order chi connectivity index (χ1) is 5.70. The second-order valence-electron chi connectivity index (χ2n) is 2.66. The highest BCUT2D eigenvalue weighted by atomic mass is 16.3. The Bertz CT molecular complexity index is 308. The fraction of sp³-hybridized carbons (Fsp3) is 0.222. The van der Waals surface area contributed by atoms with Crippen molar-refractivity contribution < 1.29 is 5.11 Å².